The Hall–Kier alpha value is -1.89. The molecule has 6 nitrogen and oxygen atoms in total. The minimum atomic E-state index is -3.34. The molecule has 0 saturated carbocycles. The van der Waals surface area contributed by atoms with E-state index in [9.17, 15) is 8.42 Å². The molecule has 0 unspecified atom stereocenters. The molecular formula is C14H20N4O2S. The third kappa shape index (κ3) is 2.65. The van der Waals surface area contributed by atoms with Crippen molar-refractivity contribution in [2.24, 2.45) is 5.10 Å². The van der Waals surface area contributed by atoms with Gasteiger partial charge in [0.05, 0.1) is 24.4 Å². The van der Waals surface area contributed by atoms with Crippen LogP contribution in [0, 0.1) is 27.7 Å². The number of nitrogens with zero attached hydrogens (tertiary/aromatic N) is 4. The van der Waals surface area contributed by atoms with Crippen molar-refractivity contribution >= 4 is 21.9 Å². The van der Waals surface area contributed by atoms with Crippen LogP contribution in [0.5, 0.6) is 0 Å². The summed E-state index contributed by atoms with van der Waals surface area (Å²) >= 11 is 0. The first-order valence-corrected chi connectivity index (χ1v) is 8.41. The van der Waals surface area contributed by atoms with Crippen LogP contribution in [0.4, 0.5) is 0 Å². The zero-order chi connectivity index (χ0) is 15.9. The molecular weight excluding hydrogens is 288 g/mol. The fourth-order valence-corrected chi connectivity index (χ4v) is 2.41. The second-order valence-electron chi connectivity index (χ2n) is 5.24. The van der Waals surface area contributed by atoms with Gasteiger partial charge >= 0.3 is 0 Å². The van der Waals surface area contributed by atoms with E-state index in [1.54, 1.807) is 6.20 Å². The molecule has 7 heteroatoms. The van der Waals surface area contributed by atoms with Crippen molar-refractivity contribution in [1.29, 1.82) is 0 Å². The van der Waals surface area contributed by atoms with Gasteiger partial charge < -0.3 is 0 Å². The van der Waals surface area contributed by atoms with Crippen molar-refractivity contribution in [2.45, 2.75) is 27.7 Å². The number of hydrazone groups is 1. The Kier molecular flexibility index (Phi) is 3.79. The smallest absolute Gasteiger partial charge is 0.246 e. The van der Waals surface area contributed by atoms with Gasteiger partial charge in [-0.15, -0.1) is 0 Å². The first kappa shape index (κ1) is 15.5. The van der Waals surface area contributed by atoms with E-state index < -0.39 is 10.0 Å². The van der Waals surface area contributed by atoms with E-state index in [2.05, 4.69) is 23.9 Å². The largest absolute Gasteiger partial charge is 0.295 e. The third-order valence-corrected chi connectivity index (χ3v) is 5.01. The van der Waals surface area contributed by atoms with E-state index in [1.807, 2.05) is 18.2 Å². The first-order chi connectivity index (χ1) is 9.64. The summed E-state index contributed by atoms with van der Waals surface area (Å²) in [4.78, 5) is 4.42. The monoisotopic (exact) mass is 308 g/mol. The minimum absolute atomic E-state index is 0.754. The average molecular weight is 308 g/mol. The van der Waals surface area contributed by atoms with Gasteiger partial charge in [-0.1, -0.05) is 0 Å². The minimum Gasteiger partial charge on any atom is -0.295 e. The molecule has 2 heterocycles. The van der Waals surface area contributed by atoms with Gasteiger partial charge in [0.1, 0.15) is 5.65 Å². The van der Waals surface area contributed by atoms with Gasteiger partial charge in [0.15, 0.2) is 0 Å². The number of rotatable bonds is 3. The van der Waals surface area contributed by atoms with E-state index in [-0.39, 0.29) is 0 Å². The Balaban J connectivity index is 2.61. The predicted octanol–water partition coefficient (Wildman–Crippen LogP) is 1.79. The Morgan fingerprint density at radius 2 is 1.81 bits per heavy atom. The zero-order valence-electron chi connectivity index (χ0n) is 13.2. The lowest BCUT2D eigenvalue weighted by Crippen LogP contribution is -2.19. The number of aromatic nitrogens is 2. The summed E-state index contributed by atoms with van der Waals surface area (Å²) in [6.07, 6.45) is 4.33. The van der Waals surface area contributed by atoms with Crippen molar-refractivity contribution in [3.63, 3.8) is 0 Å². The van der Waals surface area contributed by atoms with Crippen molar-refractivity contribution in [3.05, 3.63) is 34.3 Å². The number of pyridine rings is 1. The summed E-state index contributed by atoms with van der Waals surface area (Å²) < 4.78 is 25.7. The van der Waals surface area contributed by atoms with Crippen LogP contribution in [0.1, 0.15) is 28.1 Å². The maximum atomic E-state index is 11.4. The summed E-state index contributed by atoms with van der Waals surface area (Å²) in [6, 6.07) is 0. The Bertz CT molecular complexity index is 835. The van der Waals surface area contributed by atoms with Crippen LogP contribution in [0.3, 0.4) is 0 Å². The van der Waals surface area contributed by atoms with Crippen molar-refractivity contribution < 1.29 is 8.42 Å². The fourth-order valence-electron chi connectivity index (χ4n) is 2.19. The van der Waals surface area contributed by atoms with E-state index in [0.717, 1.165) is 33.3 Å². The molecule has 21 heavy (non-hydrogen) atoms. The number of aryl methyl sites for hydroxylation is 2. The van der Waals surface area contributed by atoms with E-state index in [4.69, 9.17) is 0 Å². The molecule has 0 atom stereocenters. The topological polar surface area (TPSA) is 67.0 Å². The molecule has 114 valence electrons. The molecule has 0 fully saturated rings. The normalized spacial score (nSPS) is 12.5. The molecule has 0 N–H and O–H groups in total. The van der Waals surface area contributed by atoms with E-state index in [1.165, 1.54) is 24.4 Å². The van der Waals surface area contributed by atoms with Gasteiger partial charge in [0.25, 0.3) is 0 Å². The SMILES string of the molecule is Cc1c(C)c(C)n2c(/C=N\N(C)S(C)(=O)=O)cnc2c1C. The summed E-state index contributed by atoms with van der Waals surface area (Å²) in [5.41, 5.74) is 6.25. The molecule has 0 aliphatic carbocycles. The zero-order valence-corrected chi connectivity index (χ0v) is 14.0. The molecule has 0 aliphatic rings. The summed E-state index contributed by atoms with van der Waals surface area (Å²) in [6.45, 7) is 8.21. The quantitative estimate of drug-likeness (QED) is 0.641. The van der Waals surface area contributed by atoms with Crippen molar-refractivity contribution in [2.75, 3.05) is 13.3 Å². The molecule has 2 aromatic heterocycles. The maximum Gasteiger partial charge on any atom is 0.246 e. The van der Waals surface area contributed by atoms with Gasteiger partial charge in [0, 0.05) is 12.7 Å². The van der Waals surface area contributed by atoms with Crippen LogP contribution < -0.4 is 0 Å². The number of imidazole rings is 1. The molecule has 0 saturated heterocycles. The van der Waals surface area contributed by atoms with Crippen LogP contribution in [0.25, 0.3) is 5.65 Å². The maximum absolute atomic E-state index is 11.4. The Morgan fingerprint density at radius 3 is 2.38 bits per heavy atom. The summed E-state index contributed by atoms with van der Waals surface area (Å²) in [5.74, 6) is 0. The predicted molar refractivity (Wildman–Crippen MR) is 84.3 cm³/mol. The van der Waals surface area contributed by atoms with Crippen molar-refractivity contribution in [1.82, 2.24) is 13.8 Å². The fraction of sp³-hybridized carbons (Fsp3) is 0.429. The van der Waals surface area contributed by atoms with E-state index >= 15 is 0 Å². The van der Waals surface area contributed by atoms with Gasteiger partial charge in [-0.25, -0.2) is 13.4 Å². The molecule has 0 spiro atoms. The van der Waals surface area contributed by atoms with E-state index in [0.29, 0.717) is 0 Å². The Morgan fingerprint density at radius 1 is 1.19 bits per heavy atom. The van der Waals surface area contributed by atoms with Crippen molar-refractivity contribution in [3.8, 4) is 0 Å². The Labute approximate surface area is 125 Å². The summed E-state index contributed by atoms with van der Waals surface area (Å²) in [5, 5.41) is 3.97. The lowest BCUT2D eigenvalue weighted by atomic mass is 10.0. The molecule has 0 aromatic carbocycles. The lowest BCUT2D eigenvalue weighted by Gasteiger charge is -2.13. The highest BCUT2D eigenvalue weighted by Crippen LogP contribution is 2.22. The standard InChI is InChI=1S/C14H20N4O2S/c1-9-10(2)12(4)18-13(7-15-14(18)11(9)3)8-16-17(5)21(6,19)20/h7-8H,1-6H3/b16-8-. The lowest BCUT2D eigenvalue weighted by molar-refractivity contribution is 0.497. The highest BCUT2D eigenvalue weighted by molar-refractivity contribution is 7.88. The van der Waals surface area contributed by atoms with Gasteiger partial charge in [-0.2, -0.15) is 9.52 Å². The van der Waals surface area contributed by atoms with Gasteiger partial charge in [-0.05, 0) is 44.4 Å². The molecule has 0 radical (unpaired) electrons. The van der Waals surface area contributed by atoms with Gasteiger partial charge in [0.2, 0.25) is 10.0 Å². The first-order valence-electron chi connectivity index (χ1n) is 6.56. The highest BCUT2D eigenvalue weighted by Gasteiger charge is 2.13. The van der Waals surface area contributed by atoms with Crippen LogP contribution >= 0.6 is 0 Å². The number of sulfonamides is 1. The number of hydrogen-bond donors (Lipinski definition) is 0. The van der Waals surface area contributed by atoms with Gasteiger partial charge in [-0.3, -0.25) is 4.40 Å². The highest BCUT2D eigenvalue weighted by atomic mass is 32.2. The van der Waals surface area contributed by atoms with Crippen LogP contribution in [-0.2, 0) is 10.0 Å². The second-order valence-corrected chi connectivity index (χ2v) is 7.24. The molecule has 2 aromatic rings. The summed E-state index contributed by atoms with van der Waals surface area (Å²) in [7, 11) is -1.93. The second kappa shape index (κ2) is 5.14. The molecule has 0 aliphatic heterocycles. The molecule has 0 amide bonds. The molecule has 0 bridgehead atoms. The third-order valence-electron chi connectivity index (χ3n) is 3.96. The average Bonchev–Trinajstić information content (AvgIpc) is 2.83. The van der Waals surface area contributed by atoms with Crippen LogP contribution in [0.15, 0.2) is 11.3 Å². The number of fused-ring (bicyclic) bond motifs is 1. The van der Waals surface area contributed by atoms with Crippen LogP contribution in [-0.4, -0.2) is 41.7 Å². The molecule has 2 rings (SSSR count). The number of hydrogen-bond acceptors (Lipinski definition) is 4. The van der Waals surface area contributed by atoms with Crippen LogP contribution in [0.2, 0.25) is 0 Å².